The molecular weight excluding hydrogens is 158 g/mol. The van der Waals surface area contributed by atoms with Crippen molar-refractivity contribution >= 4 is 6.16 Å². The molecule has 5 heteroatoms. The van der Waals surface area contributed by atoms with E-state index in [0.717, 1.165) is 6.08 Å². The van der Waals surface area contributed by atoms with Gasteiger partial charge < -0.3 is 10.2 Å². The van der Waals surface area contributed by atoms with Crippen molar-refractivity contribution in [2.75, 3.05) is 0 Å². The second kappa shape index (κ2) is 6.73. The van der Waals surface area contributed by atoms with Crippen LogP contribution in [0.15, 0.2) is 25.1 Å². The number of hydrogen-bond acceptors (Lipinski definition) is 1. The molecule has 0 aromatic heterocycles. The molecule has 0 aliphatic heterocycles. The van der Waals surface area contributed by atoms with E-state index in [-0.39, 0.29) is 0 Å². The summed E-state index contributed by atoms with van der Waals surface area (Å²) in [5, 5.41) is 13.9. The van der Waals surface area contributed by atoms with Gasteiger partial charge in [0.05, 0.1) is 0 Å². The van der Waals surface area contributed by atoms with E-state index in [1.165, 1.54) is 0 Å². The molecule has 0 aromatic carbocycles. The van der Waals surface area contributed by atoms with Gasteiger partial charge in [-0.3, -0.25) is 0 Å². The lowest BCUT2D eigenvalue weighted by atomic mass is 10.4. The first-order chi connectivity index (χ1) is 4.91. The van der Waals surface area contributed by atoms with E-state index < -0.39 is 18.2 Å². The van der Waals surface area contributed by atoms with Crippen LogP contribution in [0.1, 0.15) is 0 Å². The Bertz CT molecular complexity index is 152. The number of rotatable bonds is 2. The van der Waals surface area contributed by atoms with Crippen molar-refractivity contribution in [1.82, 2.24) is 0 Å². The smallest absolute Gasteiger partial charge is 0.450 e. The summed E-state index contributed by atoms with van der Waals surface area (Å²) in [6, 6.07) is 0. The SMILES string of the molecule is C=CC(F)C(=C)F.O=C(O)O. The monoisotopic (exact) mass is 166 g/mol. The predicted molar refractivity (Wildman–Crippen MR) is 36.0 cm³/mol. The van der Waals surface area contributed by atoms with Crippen LogP contribution in [-0.2, 0) is 0 Å². The van der Waals surface area contributed by atoms with Gasteiger partial charge in [-0.25, -0.2) is 13.6 Å². The molecular formula is C6H8F2O3. The molecule has 3 nitrogen and oxygen atoms in total. The van der Waals surface area contributed by atoms with Gasteiger partial charge in [0.2, 0.25) is 0 Å². The van der Waals surface area contributed by atoms with E-state index in [0.29, 0.717) is 0 Å². The van der Waals surface area contributed by atoms with Crippen LogP contribution in [0.2, 0.25) is 0 Å². The summed E-state index contributed by atoms with van der Waals surface area (Å²) in [5.74, 6) is -0.991. The number of allylic oxidation sites excluding steroid dienone is 2. The largest absolute Gasteiger partial charge is 0.503 e. The molecule has 0 aliphatic carbocycles. The number of halogens is 2. The van der Waals surface area contributed by atoms with Gasteiger partial charge in [-0.15, -0.1) is 0 Å². The molecule has 0 heterocycles. The highest BCUT2D eigenvalue weighted by Gasteiger charge is 2.01. The molecule has 0 rings (SSSR count). The third-order valence-electron chi connectivity index (χ3n) is 0.506. The molecule has 0 amide bonds. The minimum absolute atomic E-state index is 0.850. The van der Waals surface area contributed by atoms with Gasteiger partial charge in [-0.1, -0.05) is 19.2 Å². The average molecular weight is 166 g/mol. The Morgan fingerprint density at radius 3 is 1.82 bits per heavy atom. The normalized spacial score (nSPS) is 10.4. The maximum atomic E-state index is 11.7. The number of hydrogen-bond donors (Lipinski definition) is 2. The summed E-state index contributed by atoms with van der Waals surface area (Å²) in [6.07, 6.45) is -2.68. The highest BCUT2D eigenvalue weighted by atomic mass is 19.2. The fraction of sp³-hybridized carbons (Fsp3) is 0.167. The zero-order valence-corrected chi connectivity index (χ0v) is 5.63. The lowest BCUT2D eigenvalue weighted by Crippen LogP contribution is -1.90. The molecule has 0 spiro atoms. The highest BCUT2D eigenvalue weighted by molar-refractivity contribution is 5.53. The minimum Gasteiger partial charge on any atom is -0.450 e. The van der Waals surface area contributed by atoms with E-state index in [2.05, 4.69) is 13.2 Å². The summed E-state index contributed by atoms with van der Waals surface area (Å²) < 4.78 is 23.1. The predicted octanol–water partition coefficient (Wildman–Crippen LogP) is 2.22. The van der Waals surface area contributed by atoms with Crippen LogP contribution in [0.4, 0.5) is 13.6 Å². The lowest BCUT2D eigenvalue weighted by molar-refractivity contribution is 0.137. The average Bonchev–Trinajstić information content (AvgIpc) is 1.85. The van der Waals surface area contributed by atoms with Crippen LogP contribution in [0, 0.1) is 0 Å². The Balaban J connectivity index is 0. The number of carboxylic acid groups (broad SMARTS) is 2. The van der Waals surface area contributed by atoms with Crippen LogP contribution < -0.4 is 0 Å². The molecule has 0 aromatic rings. The molecule has 0 saturated heterocycles. The Hall–Kier alpha value is -1.39. The quantitative estimate of drug-likeness (QED) is 0.618. The molecule has 0 bridgehead atoms. The summed E-state index contributed by atoms with van der Waals surface area (Å²) in [6.45, 7) is 5.72. The van der Waals surface area contributed by atoms with Crippen molar-refractivity contribution in [2.45, 2.75) is 6.17 Å². The van der Waals surface area contributed by atoms with Gasteiger partial charge in [0.25, 0.3) is 0 Å². The second-order valence-electron chi connectivity index (χ2n) is 1.37. The summed E-state index contributed by atoms with van der Waals surface area (Å²) in [7, 11) is 0. The van der Waals surface area contributed by atoms with Crippen molar-refractivity contribution in [2.24, 2.45) is 0 Å². The fourth-order valence-electron chi connectivity index (χ4n) is 0.128. The van der Waals surface area contributed by atoms with Gasteiger partial charge in [0, 0.05) is 0 Å². The third kappa shape index (κ3) is 17.7. The van der Waals surface area contributed by atoms with Gasteiger partial charge in [-0.2, -0.15) is 0 Å². The first kappa shape index (κ1) is 12.3. The van der Waals surface area contributed by atoms with E-state index in [1.54, 1.807) is 0 Å². The first-order valence-electron chi connectivity index (χ1n) is 2.44. The molecule has 0 radical (unpaired) electrons. The molecule has 0 saturated carbocycles. The molecule has 0 aliphatic rings. The van der Waals surface area contributed by atoms with Gasteiger partial charge >= 0.3 is 6.16 Å². The molecule has 1 unspecified atom stereocenters. The van der Waals surface area contributed by atoms with E-state index in [1.807, 2.05) is 0 Å². The number of carbonyl (C=O) groups is 1. The minimum atomic E-state index is -1.83. The Kier molecular flexibility index (Phi) is 7.52. The highest BCUT2D eigenvalue weighted by Crippen LogP contribution is 2.04. The van der Waals surface area contributed by atoms with Crippen molar-refractivity contribution < 1.29 is 23.8 Å². The van der Waals surface area contributed by atoms with Gasteiger partial charge in [0.15, 0.2) is 6.17 Å². The molecule has 0 fully saturated rings. The lowest BCUT2D eigenvalue weighted by Gasteiger charge is -1.91. The van der Waals surface area contributed by atoms with Crippen molar-refractivity contribution in [1.29, 1.82) is 0 Å². The number of alkyl halides is 1. The molecule has 64 valence electrons. The Morgan fingerprint density at radius 1 is 1.55 bits per heavy atom. The van der Waals surface area contributed by atoms with Crippen LogP contribution in [0.3, 0.4) is 0 Å². The maximum Gasteiger partial charge on any atom is 0.503 e. The Morgan fingerprint density at radius 2 is 1.82 bits per heavy atom. The summed E-state index contributed by atoms with van der Waals surface area (Å²) in [4.78, 5) is 8.56. The van der Waals surface area contributed by atoms with E-state index in [9.17, 15) is 8.78 Å². The van der Waals surface area contributed by atoms with Crippen LogP contribution in [-0.4, -0.2) is 22.5 Å². The van der Waals surface area contributed by atoms with Crippen LogP contribution in [0.5, 0.6) is 0 Å². The summed E-state index contributed by atoms with van der Waals surface area (Å²) in [5.41, 5.74) is 0. The molecule has 2 N–H and O–H groups in total. The first-order valence-corrected chi connectivity index (χ1v) is 2.44. The third-order valence-corrected chi connectivity index (χ3v) is 0.506. The maximum absolute atomic E-state index is 11.7. The molecule has 11 heavy (non-hydrogen) atoms. The molecule has 1 atom stereocenters. The van der Waals surface area contributed by atoms with Gasteiger partial charge in [0.1, 0.15) is 5.83 Å². The van der Waals surface area contributed by atoms with Crippen molar-refractivity contribution in [3.05, 3.63) is 25.1 Å². The fourth-order valence-corrected chi connectivity index (χ4v) is 0.128. The van der Waals surface area contributed by atoms with Gasteiger partial charge in [-0.05, 0) is 0 Å². The van der Waals surface area contributed by atoms with Crippen LogP contribution in [0.25, 0.3) is 0 Å². The standard InChI is InChI=1S/C5H6F2.CH2O3/c1-3-5(7)4(2)6;2-1(3)4/h3,5H,1-2H2;(H2,2,3,4). The van der Waals surface area contributed by atoms with Crippen molar-refractivity contribution in [3.8, 4) is 0 Å². The van der Waals surface area contributed by atoms with Crippen molar-refractivity contribution in [3.63, 3.8) is 0 Å². The van der Waals surface area contributed by atoms with Crippen LogP contribution >= 0.6 is 0 Å². The zero-order chi connectivity index (χ0) is 9.44. The Labute approximate surface area is 62.3 Å². The summed E-state index contributed by atoms with van der Waals surface area (Å²) >= 11 is 0. The second-order valence-corrected chi connectivity index (χ2v) is 1.37. The zero-order valence-electron chi connectivity index (χ0n) is 5.63. The van der Waals surface area contributed by atoms with E-state index in [4.69, 9.17) is 15.0 Å². The van der Waals surface area contributed by atoms with E-state index >= 15 is 0 Å². The topological polar surface area (TPSA) is 57.5 Å².